The Balaban J connectivity index is 2.07. The van der Waals surface area contributed by atoms with Gasteiger partial charge in [0.2, 0.25) is 5.28 Å². The largest absolute Gasteiger partial charge is 0.363 e. The fraction of sp³-hybridized carbons (Fsp3) is 0.222. The maximum absolute atomic E-state index is 5.90. The van der Waals surface area contributed by atoms with Gasteiger partial charge in [-0.25, -0.2) is 4.98 Å². The van der Waals surface area contributed by atoms with Crippen LogP contribution in [0, 0.1) is 0 Å². The van der Waals surface area contributed by atoms with Gasteiger partial charge in [0.15, 0.2) is 0 Å². The van der Waals surface area contributed by atoms with E-state index in [0.29, 0.717) is 17.4 Å². The molecule has 0 spiro atoms. The highest BCUT2D eigenvalue weighted by Gasteiger charge is 2.04. The van der Waals surface area contributed by atoms with Gasteiger partial charge in [-0.1, -0.05) is 11.6 Å². The number of nitrogens with zero attached hydrogens (tertiary/aromatic N) is 4. The SMILES string of the molecule is Cn1ccc(CNc2nc(Cl)ncc2Cl)n1. The molecule has 0 bridgehead atoms. The van der Waals surface area contributed by atoms with Gasteiger partial charge in [0, 0.05) is 13.2 Å². The molecule has 2 rings (SSSR count). The molecule has 2 aromatic rings. The van der Waals surface area contributed by atoms with Gasteiger partial charge in [0.05, 0.1) is 18.4 Å². The van der Waals surface area contributed by atoms with Crippen LogP contribution in [0.3, 0.4) is 0 Å². The average molecular weight is 258 g/mol. The molecule has 0 saturated heterocycles. The van der Waals surface area contributed by atoms with Gasteiger partial charge in [-0.05, 0) is 17.7 Å². The molecule has 0 aromatic carbocycles. The van der Waals surface area contributed by atoms with Crippen LogP contribution in [0.2, 0.25) is 10.3 Å². The number of halogens is 2. The van der Waals surface area contributed by atoms with Crippen molar-refractivity contribution in [2.75, 3.05) is 5.32 Å². The maximum atomic E-state index is 5.90. The van der Waals surface area contributed by atoms with Gasteiger partial charge in [0.25, 0.3) is 0 Å². The van der Waals surface area contributed by atoms with Crippen LogP contribution in [0.5, 0.6) is 0 Å². The lowest BCUT2D eigenvalue weighted by atomic mass is 10.4. The number of aryl methyl sites for hydroxylation is 1. The standard InChI is InChI=1S/C9H9Cl2N5/c1-16-3-2-6(15-16)4-12-8-7(10)5-13-9(11)14-8/h2-3,5H,4H2,1H3,(H,12,13,14). The second-order valence-corrected chi connectivity index (χ2v) is 3.92. The van der Waals surface area contributed by atoms with E-state index < -0.39 is 0 Å². The summed E-state index contributed by atoms with van der Waals surface area (Å²) in [6, 6.07) is 1.91. The molecule has 0 amide bonds. The molecular formula is C9H9Cl2N5. The van der Waals surface area contributed by atoms with Crippen LogP contribution in [-0.4, -0.2) is 19.7 Å². The van der Waals surface area contributed by atoms with Crippen molar-refractivity contribution in [1.29, 1.82) is 0 Å². The lowest BCUT2D eigenvalue weighted by molar-refractivity contribution is 0.747. The van der Waals surface area contributed by atoms with Crippen LogP contribution in [0.4, 0.5) is 5.82 Å². The third-order valence-electron chi connectivity index (χ3n) is 1.92. The van der Waals surface area contributed by atoms with Crippen molar-refractivity contribution in [3.05, 3.63) is 34.5 Å². The Labute approximate surface area is 102 Å². The number of nitrogens with one attached hydrogen (secondary N) is 1. The predicted molar refractivity (Wildman–Crippen MR) is 62.6 cm³/mol. The van der Waals surface area contributed by atoms with Gasteiger partial charge in [-0.15, -0.1) is 0 Å². The zero-order valence-electron chi connectivity index (χ0n) is 8.48. The monoisotopic (exact) mass is 257 g/mol. The number of hydrogen-bond donors (Lipinski definition) is 1. The summed E-state index contributed by atoms with van der Waals surface area (Å²) in [6.07, 6.45) is 3.32. The molecule has 0 radical (unpaired) electrons. The molecular weight excluding hydrogens is 249 g/mol. The molecule has 5 nitrogen and oxygen atoms in total. The minimum atomic E-state index is 0.160. The van der Waals surface area contributed by atoms with E-state index in [1.807, 2.05) is 19.3 Å². The van der Waals surface area contributed by atoms with E-state index >= 15 is 0 Å². The third kappa shape index (κ3) is 2.62. The second-order valence-electron chi connectivity index (χ2n) is 3.17. The Morgan fingerprint density at radius 1 is 1.44 bits per heavy atom. The molecule has 2 aromatic heterocycles. The van der Waals surface area contributed by atoms with Crippen molar-refractivity contribution in [2.24, 2.45) is 7.05 Å². The molecule has 7 heteroatoms. The molecule has 0 aliphatic heterocycles. The summed E-state index contributed by atoms with van der Waals surface area (Å²) in [5, 5.41) is 7.84. The van der Waals surface area contributed by atoms with E-state index in [1.54, 1.807) is 4.68 Å². The van der Waals surface area contributed by atoms with Crippen LogP contribution in [-0.2, 0) is 13.6 Å². The van der Waals surface area contributed by atoms with Crippen molar-refractivity contribution < 1.29 is 0 Å². The zero-order valence-corrected chi connectivity index (χ0v) is 10.00. The molecule has 84 valence electrons. The molecule has 0 fully saturated rings. The van der Waals surface area contributed by atoms with Crippen LogP contribution in [0.1, 0.15) is 5.69 Å². The summed E-state index contributed by atoms with van der Waals surface area (Å²) in [5.41, 5.74) is 0.897. The number of anilines is 1. The second kappa shape index (κ2) is 4.67. The number of hydrogen-bond acceptors (Lipinski definition) is 4. The van der Waals surface area contributed by atoms with Crippen molar-refractivity contribution in [1.82, 2.24) is 19.7 Å². The Hall–Kier alpha value is -1.33. The van der Waals surface area contributed by atoms with Gasteiger partial charge in [-0.3, -0.25) is 4.68 Å². The van der Waals surface area contributed by atoms with Crippen LogP contribution >= 0.6 is 23.2 Å². The first-order valence-corrected chi connectivity index (χ1v) is 5.31. The Morgan fingerprint density at radius 3 is 2.94 bits per heavy atom. The summed E-state index contributed by atoms with van der Waals surface area (Å²) in [6.45, 7) is 0.536. The van der Waals surface area contributed by atoms with Crippen molar-refractivity contribution >= 4 is 29.0 Å². The molecule has 1 N–H and O–H groups in total. The van der Waals surface area contributed by atoms with E-state index in [0.717, 1.165) is 5.69 Å². The highest BCUT2D eigenvalue weighted by atomic mass is 35.5. The van der Waals surface area contributed by atoms with Gasteiger partial charge in [0.1, 0.15) is 10.8 Å². The van der Waals surface area contributed by atoms with E-state index in [-0.39, 0.29) is 5.28 Å². The van der Waals surface area contributed by atoms with Gasteiger partial charge >= 0.3 is 0 Å². The first kappa shape index (κ1) is 11.2. The lowest BCUT2D eigenvalue weighted by Crippen LogP contribution is -2.04. The minimum Gasteiger partial charge on any atom is -0.363 e. The summed E-state index contributed by atoms with van der Waals surface area (Å²) >= 11 is 11.6. The third-order valence-corrected chi connectivity index (χ3v) is 2.38. The van der Waals surface area contributed by atoms with Crippen LogP contribution in [0.25, 0.3) is 0 Å². The normalized spacial score (nSPS) is 10.4. The Bertz CT molecular complexity index is 496. The highest BCUT2D eigenvalue weighted by Crippen LogP contribution is 2.19. The van der Waals surface area contributed by atoms with Crippen molar-refractivity contribution in [3.63, 3.8) is 0 Å². The zero-order chi connectivity index (χ0) is 11.5. The van der Waals surface area contributed by atoms with Crippen molar-refractivity contribution in [2.45, 2.75) is 6.54 Å². The molecule has 0 unspecified atom stereocenters. The van der Waals surface area contributed by atoms with Crippen LogP contribution in [0.15, 0.2) is 18.5 Å². The molecule has 0 saturated carbocycles. The summed E-state index contributed by atoms with van der Waals surface area (Å²) in [5.74, 6) is 0.507. The Morgan fingerprint density at radius 2 is 2.25 bits per heavy atom. The van der Waals surface area contributed by atoms with Crippen molar-refractivity contribution in [3.8, 4) is 0 Å². The molecule has 0 aliphatic rings. The average Bonchev–Trinajstić information content (AvgIpc) is 2.66. The predicted octanol–water partition coefficient (Wildman–Crippen LogP) is 2.13. The molecule has 16 heavy (non-hydrogen) atoms. The Kier molecular flexibility index (Phi) is 3.26. The summed E-state index contributed by atoms with van der Waals surface area (Å²) in [7, 11) is 1.86. The topological polar surface area (TPSA) is 55.6 Å². The molecule has 2 heterocycles. The fourth-order valence-corrected chi connectivity index (χ4v) is 1.49. The highest BCUT2D eigenvalue weighted by molar-refractivity contribution is 6.33. The summed E-state index contributed by atoms with van der Waals surface area (Å²) in [4.78, 5) is 7.73. The van der Waals surface area contributed by atoms with Gasteiger partial charge < -0.3 is 5.32 Å². The first-order valence-electron chi connectivity index (χ1n) is 4.55. The quantitative estimate of drug-likeness (QED) is 0.857. The minimum absolute atomic E-state index is 0.160. The van der Waals surface area contributed by atoms with E-state index in [9.17, 15) is 0 Å². The van der Waals surface area contributed by atoms with E-state index in [1.165, 1.54) is 6.20 Å². The van der Waals surface area contributed by atoms with E-state index in [2.05, 4.69) is 20.4 Å². The maximum Gasteiger partial charge on any atom is 0.224 e. The lowest BCUT2D eigenvalue weighted by Gasteiger charge is -2.05. The van der Waals surface area contributed by atoms with Gasteiger partial charge in [-0.2, -0.15) is 10.1 Å². The van der Waals surface area contributed by atoms with E-state index in [4.69, 9.17) is 23.2 Å². The molecule has 0 atom stereocenters. The van der Waals surface area contributed by atoms with Crippen LogP contribution < -0.4 is 5.32 Å². The first-order chi connectivity index (χ1) is 7.65. The summed E-state index contributed by atoms with van der Waals surface area (Å²) < 4.78 is 1.73. The number of rotatable bonds is 3. The smallest absolute Gasteiger partial charge is 0.224 e. The molecule has 0 aliphatic carbocycles. The fourth-order valence-electron chi connectivity index (χ4n) is 1.20. The number of aromatic nitrogens is 4.